The normalized spacial score (nSPS) is 14.5. The highest BCUT2D eigenvalue weighted by Crippen LogP contribution is 2.29. The Hall–Kier alpha value is -3.27. The maximum Gasteiger partial charge on any atom is 0.264 e. The number of sulfonamides is 1. The van der Waals surface area contributed by atoms with Crippen molar-refractivity contribution in [2.75, 3.05) is 18.0 Å². The summed E-state index contributed by atoms with van der Waals surface area (Å²) in [5, 5.41) is 3.91. The number of benzene rings is 3. The molecule has 2 amide bonds. The molecule has 11 heteroatoms. The summed E-state index contributed by atoms with van der Waals surface area (Å²) in [6.45, 7) is 1.26. The Morgan fingerprint density at radius 2 is 1.70 bits per heavy atom. The van der Waals surface area contributed by atoms with Crippen molar-refractivity contribution in [3.8, 4) is 5.75 Å². The van der Waals surface area contributed by atoms with Crippen molar-refractivity contribution in [1.29, 1.82) is 0 Å². The second-order valence-corrected chi connectivity index (χ2v) is 13.3. The molecule has 1 aliphatic rings. The topological polar surface area (TPSA) is 96.0 Å². The fourth-order valence-corrected chi connectivity index (χ4v) is 7.21. The molecule has 0 aliphatic heterocycles. The summed E-state index contributed by atoms with van der Waals surface area (Å²) >= 11 is 12.6. The Bertz CT molecular complexity index is 1510. The van der Waals surface area contributed by atoms with Gasteiger partial charge in [0, 0.05) is 28.7 Å². The zero-order chi connectivity index (χ0) is 31.0. The molecule has 3 aromatic rings. The van der Waals surface area contributed by atoms with Gasteiger partial charge in [0.2, 0.25) is 11.8 Å². The molecule has 43 heavy (non-hydrogen) atoms. The summed E-state index contributed by atoms with van der Waals surface area (Å²) in [4.78, 5) is 29.4. The predicted octanol–water partition coefficient (Wildman–Crippen LogP) is 6.45. The van der Waals surface area contributed by atoms with Crippen molar-refractivity contribution < 1.29 is 22.7 Å². The lowest BCUT2D eigenvalue weighted by molar-refractivity contribution is -0.140. The van der Waals surface area contributed by atoms with Gasteiger partial charge < -0.3 is 15.0 Å². The van der Waals surface area contributed by atoms with Crippen molar-refractivity contribution in [2.45, 2.75) is 69.0 Å². The van der Waals surface area contributed by atoms with E-state index in [9.17, 15) is 18.0 Å². The van der Waals surface area contributed by atoms with Gasteiger partial charge in [-0.3, -0.25) is 13.9 Å². The van der Waals surface area contributed by atoms with Gasteiger partial charge >= 0.3 is 0 Å². The van der Waals surface area contributed by atoms with Crippen LogP contribution in [0.5, 0.6) is 5.75 Å². The van der Waals surface area contributed by atoms with Gasteiger partial charge in [-0.05, 0) is 61.2 Å². The number of methoxy groups -OCH3 is 1. The quantitative estimate of drug-likeness (QED) is 0.244. The maximum atomic E-state index is 14.3. The highest BCUT2D eigenvalue weighted by molar-refractivity contribution is 7.92. The van der Waals surface area contributed by atoms with Gasteiger partial charge in [-0.2, -0.15) is 0 Å². The Morgan fingerprint density at radius 3 is 2.35 bits per heavy atom. The molecule has 0 radical (unpaired) electrons. The van der Waals surface area contributed by atoms with Gasteiger partial charge in [0.15, 0.2) is 0 Å². The van der Waals surface area contributed by atoms with Crippen LogP contribution < -0.4 is 14.4 Å². The average Bonchev–Trinajstić information content (AvgIpc) is 3.01. The van der Waals surface area contributed by atoms with E-state index in [4.69, 9.17) is 27.9 Å². The zero-order valence-electron chi connectivity index (χ0n) is 24.3. The van der Waals surface area contributed by atoms with E-state index < -0.39 is 28.5 Å². The summed E-state index contributed by atoms with van der Waals surface area (Å²) in [5.41, 5.74) is 0.836. The number of hydrogen-bond acceptors (Lipinski definition) is 5. The number of nitrogens with zero attached hydrogens (tertiary/aromatic N) is 2. The number of rotatable bonds is 12. The Labute approximate surface area is 264 Å². The first-order valence-corrected chi connectivity index (χ1v) is 16.6. The van der Waals surface area contributed by atoms with Crippen LogP contribution in [0.25, 0.3) is 0 Å². The van der Waals surface area contributed by atoms with Gasteiger partial charge in [0.1, 0.15) is 18.3 Å². The first-order valence-electron chi connectivity index (χ1n) is 14.4. The van der Waals surface area contributed by atoms with E-state index in [1.165, 1.54) is 24.1 Å². The lowest BCUT2D eigenvalue weighted by Crippen LogP contribution is -2.54. The van der Waals surface area contributed by atoms with Crippen LogP contribution in [0.15, 0.2) is 77.7 Å². The number of carbonyl (C=O) groups is 2. The van der Waals surface area contributed by atoms with E-state index in [0.717, 1.165) is 36.4 Å². The Balaban J connectivity index is 1.73. The van der Waals surface area contributed by atoms with Gasteiger partial charge in [-0.1, -0.05) is 79.7 Å². The molecule has 0 saturated heterocycles. The first-order chi connectivity index (χ1) is 20.6. The highest BCUT2D eigenvalue weighted by atomic mass is 35.5. The van der Waals surface area contributed by atoms with Crippen molar-refractivity contribution >= 4 is 50.7 Å². The van der Waals surface area contributed by atoms with Gasteiger partial charge in [0.25, 0.3) is 10.0 Å². The fraction of sp³-hybridized carbons (Fsp3) is 0.375. The van der Waals surface area contributed by atoms with E-state index in [-0.39, 0.29) is 29.1 Å². The van der Waals surface area contributed by atoms with Crippen LogP contribution in [0.1, 0.15) is 51.0 Å². The number of anilines is 1. The van der Waals surface area contributed by atoms with Crippen LogP contribution in [-0.2, 0) is 26.2 Å². The molecule has 0 bridgehead atoms. The molecule has 1 atom stereocenters. The minimum Gasteiger partial charge on any atom is -0.497 e. The zero-order valence-corrected chi connectivity index (χ0v) is 26.7. The first kappa shape index (κ1) is 32.6. The molecular formula is C32H37Cl2N3O5S. The van der Waals surface area contributed by atoms with E-state index in [0.29, 0.717) is 27.8 Å². The summed E-state index contributed by atoms with van der Waals surface area (Å²) in [7, 11) is -2.70. The number of ether oxygens (including phenoxy) is 1. The van der Waals surface area contributed by atoms with E-state index in [2.05, 4.69) is 5.32 Å². The van der Waals surface area contributed by atoms with Crippen LogP contribution in [0.2, 0.25) is 10.0 Å². The summed E-state index contributed by atoms with van der Waals surface area (Å²) in [6.07, 6.45) is 5.31. The molecule has 0 heterocycles. The molecule has 230 valence electrons. The summed E-state index contributed by atoms with van der Waals surface area (Å²) in [6, 6.07) is 18.5. The van der Waals surface area contributed by atoms with Crippen LogP contribution in [0, 0.1) is 0 Å². The third kappa shape index (κ3) is 8.22. The van der Waals surface area contributed by atoms with Crippen LogP contribution in [0.3, 0.4) is 0 Å². The van der Waals surface area contributed by atoms with E-state index in [1.54, 1.807) is 60.7 Å². The third-order valence-corrected chi connectivity index (χ3v) is 10.0. The standard InChI is InChI=1S/C32H37Cl2N3O5S/c1-3-30(32(39)35-25-11-6-4-7-12-25)36(21-23-17-18-24(33)19-29(23)34)31(38)22-37(26-13-10-14-27(20-26)42-2)43(40,41)28-15-8-5-9-16-28/h5,8-10,13-20,25,30H,3-4,6-7,11-12,21-22H2,1-2H3,(H,35,39)/t30-/m0/s1. The minimum absolute atomic E-state index is 0.0111. The smallest absolute Gasteiger partial charge is 0.264 e. The largest absolute Gasteiger partial charge is 0.497 e. The molecule has 3 aromatic carbocycles. The molecule has 0 unspecified atom stereocenters. The average molecular weight is 647 g/mol. The summed E-state index contributed by atoms with van der Waals surface area (Å²) < 4.78 is 34.3. The summed E-state index contributed by atoms with van der Waals surface area (Å²) in [5.74, 6) is -0.396. The van der Waals surface area contributed by atoms with Gasteiger partial charge in [-0.15, -0.1) is 0 Å². The monoisotopic (exact) mass is 645 g/mol. The highest BCUT2D eigenvalue weighted by Gasteiger charge is 2.34. The molecule has 1 fully saturated rings. The molecular weight excluding hydrogens is 609 g/mol. The van der Waals surface area contributed by atoms with Gasteiger partial charge in [-0.25, -0.2) is 8.42 Å². The fourth-order valence-electron chi connectivity index (χ4n) is 5.31. The van der Waals surface area contributed by atoms with Crippen molar-refractivity contribution in [3.05, 3.63) is 88.4 Å². The van der Waals surface area contributed by atoms with Gasteiger partial charge in [0.05, 0.1) is 17.7 Å². The third-order valence-electron chi connectivity index (χ3n) is 7.64. The number of hydrogen-bond donors (Lipinski definition) is 1. The number of nitrogens with one attached hydrogen (secondary N) is 1. The predicted molar refractivity (Wildman–Crippen MR) is 170 cm³/mol. The molecule has 8 nitrogen and oxygen atoms in total. The van der Waals surface area contributed by atoms with Crippen molar-refractivity contribution in [2.24, 2.45) is 0 Å². The van der Waals surface area contributed by atoms with Crippen LogP contribution in [-0.4, -0.2) is 50.9 Å². The van der Waals surface area contributed by atoms with Crippen molar-refractivity contribution in [3.63, 3.8) is 0 Å². The lowest BCUT2D eigenvalue weighted by atomic mass is 9.95. The van der Waals surface area contributed by atoms with E-state index in [1.807, 2.05) is 6.92 Å². The van der Waals surface area contributed by atoms with Crippen LogP contribution in [0.4, 0.5) is 5.69 Å². The lowest BCUT2D eigenvalue weighted by Gasteiger charge is -2.34. The molecule has 0 aromatic heterocycles. The SMILES string of the molecule is CC[C@@H](C(=O)NC1CCCCC1)N(Cc1ccc(Cl)cc1Cl)C(=O)CN(c1cccc(OC)c1)S(=O)(=O)c1ccccc1. The Morgan fingerprint density at radius 1 is 0.977 bits per heavy atom. The molecule has 1 aliphatic carbocycles. The maximum absolute atomic E-state index is 14.3. The molecule has 4 rings (SSSR count). The second kappa shape index (κ2) is 14.9. The molecule has 1 saturated carbocycles. The molecule has 1 N–H and O–H groups in total. The number of carbonyl (C=O) groups excluding carboxylic acids is 2. The number of halogens is 2. The van der Waals surface area contributed by atoms with Crippen LogP contribution >= 0.6 is 23.2 Å². The number of amides is 2. The minimum atomic E-state index is -4.18. The second-order valence-electron chi connectivity index (χ2n) is 10.6. The molecule has 0 spiro atoms. The van der Waals surface area contributed by atoms with Crippen molar-refractivity contribution in [1.82, 2.24) is 10.2 Å². The Kier molecular flexibility index (Phi) is 11.3. The van der Waals surface area contributed by atoms with E-state index >= 15 is 0 Å².